The smallest absolute Gasteiger partial charge is 0.243 e. The molecule has 0 radical (unpaired) electrons. The SMILES string of the molecule is O=C(Nc1ccc(F)c(F)c1F)[C@@H]1CCCCN1S(=O)(=O)c1ccc(Br)cc1. The molecule has 28 heavy (non-hydrogen) atoms. The van der Waals surface area contributed by atoms with E-state index in [0.717, 1.165) is 10.4 Å². The number of nitrogens with zero attached hydrogens (tertiary/aromatic N) is 1. The number of amides is 1. The average Bonchev–Trinajstić information content (AvgIpc) is 2.68. The van der Waals surface area contributed by atoms with Gasteiger partial charge in [-0.2, -0.15) is 4.31 Å². The van der Waals surface area contributed by atoms with Crippen LogP contribution in [0.3, 0.4) is 0 Å². The molecule has 3 rings (SSSR count). The first-order chi connectivity index (χ1) is 13.2. The van der Waals surface area contributed by atoms with Crippen LogP contribution in [0.2, 0.25) is 0 Å². The van der Waals surface area contributed by atoms with Crippen molar-refractivity contribution >= 4 is 37.5 Å². The molecule has 150 valence electrons. The Morgan fingerprint density at radius 3 is 2.39 bits per heavy atom. The summed E-state index contributed by atoms with van der Waals surface area (Å²) in [7, 11) is -3.97. The van der Waals surface area contributed by atoms with Gasteiger partial charge in [-0.3, -0.25) is 4.79 Å². The summed E-state index contributed by atoms with van der Waals surface area (Å²) in [6.07, 6.45) is 1.40. The molecule has 1 fully saturated rings. The molecule has 0 aromatic heterocycles. The molecule has 0 unspecified atom stereocenters. The molecule has 2 aromatic rings. The number of hydrogen-bond acceptors (Lipinski definition) is 3. The summed E-state index contributed by atoms with van der Waals surface area (Å²) in [5.41, 5.74) is -0.546. The van der Waals surface area contributed by atoms with E-state index in [-0.39, 0.29) is 17.9 Å². The summed E-state index contributed by atoms with van der Waals surface area (Å²) >= 11 is 3.23. The van der Waals surface area contributed by atoms with Crippen molar-refractivity contribution in [2.75, 3.05) is 11.9 Å². The molecule has 0 aliphatic carbocycles. The van der Waals surface area contributed by atoms with Gasteiger partial charge in [-0.25, -0.2) is 21.6 Å². The molecule has 1 saturated heterocycles. The second-order valence-corrected chi connectivity index (χ2v) is 9.10. The number of hydrogen-bond donors (Lipinski definition) is 1. The monoisotopic (exact) mass is 476 g/mol. The highest BCUT2D eigenvalue weighted by Crippen LogP contribution is 2.28. The van der Waals surface area contributed by atoms with Crippen LogP contribution >= 0.6 is 15.9 Å². The summed E-state index contributed by atoms with van der Waals surface area (Å²) in [4.78, 5) is 12.7. The maximum absolute atomic E-state index is 13.9. The van der Waals surface area contributed by atoms with Crippen molar-refractivity contribution in [3.63, 3.8) is 0 Å². The number of piperidine rings is 1. The molecule has 1 aliphatic rings. The van der Waals surface area contributed by atoms with Crippen LogP contribution in [0.4, 0.5) is 18.9 Å². The second kappa shape index (κ2) is 8.22. The number of carbonyl (C=O) groups is 1. The van der Waals surface area contributed by atoms with Gasteiger partial charge in [-0.15, -0.1) is 0 Å². The summed E-state index contributed by atoms with van der Waals surface area (Å²) < 4.78 is 68.0. The molecule has 0 spiro atoms. The van der Waals surface area contributed by atoms with Crippen molar-refractivity contribution in [2.45, 2.75) is 30.2 Å². The molecule has 0 bridgehead atoms. The molecule has 1 amide bonds. The molecule has 1 N–H and O–H groups in total. The predicted molar refractivity (Wildman–Crippen MR) is 101 cm³/mol. The minimum Gasteiger partial charge on any atom is -0.322 e. The maximum Gasteiger partial charge on any atom is 0.243 e. The quantitative estimate of drug-likeness (QED) is 0.676. The lowest BCUT2D eigenvalue weighted by atomic mass is 10.0. The maximum atomic E-state index is 13.9. The van der Waals surface area contributed by atoms with Crippen LogP contribution in [0.25, 0.3) is 0 Å². The number of rotatable bonds is 4. The van der Waals surface area contributed by atoms with Gasteiger partial charge in [-0.05, 0) is 49.2 Å². The molecular formula is C18H16BrF3N2O3S. The Balaban J connectivity index is 1.88. The molecule has 5 nitrogen and oxygen atoms in total. The number of carbonyl (C=O) groups excluding carboxylic acids is 1. The minimum absolute atomic E-state index is 0.0226. The summed E-state index contributed by atoms with van der Waals surface area (Å²) in [5, 5.41) is 2.18. The predicted octanol–water partition coefficient (Wildman–Crippen LogP) is 4.05. The summed E-state index contributed by atoms with van der Waals surface area (Å²) in [6.45, 7) is 0.122. The van der Waals surface area contributed by atoms with Crippen LogP contribution < -0.4 is 5.32 Å². The Hall–Kier alpha value is -1.91. The number of sulfonamides is 1. The van der Waals surface area contributed by atoms with Gasteiger partial charge >= 0.3 is 0 Å². The first-order valence-corrected chi connectivity index (χ1v) is 10.7. The van der Waals surface area contributed by atoms with Gasteiger partial charge in [0.1, 0.15) is 6.04 Å². The lowest BCUT2D eigenvalue weighted by Crippen LogP contribution is -2.49. The van der Waals surface area contributed by atoms with E-state index < -0.39 is 45.1 Å². The van der Waals surface area contributed by atoms with Crippen LogP contribution in [0.5, 0.6) is 0 Å². The standard InChI is InChI=1S/C18H16BrF3N2O3S/c19-11-4-6-12(7-5-11)28(26,27)24-10-2-1-3-15(24)18(25)23-14-9-8-13(20)16(21)17(14)22/h4-9,15H,1-3,10H2,(H,23,25)/t15-/m0/s1. The number of benzene rings is 2. The van der Waals surface area contributed by atoms with Crippen LogP contribution in [0.15, 0.2) is 45.8 Å². The third kappa shape index (κ3) is 4.08. The summed E-state index contributed by atoms with van der Waals surface area (Å²) in [5.74, 6) is -5.43. The topological polar surface area (TPSA) is 66.5 Å². The normalized spacial score (nSPS) is 18.1. The largest absolute Gasteiger partial charge is 0.322 e. The van der Waals surface area contributed by atoms with Gasteiger partial charge in [0.25, 0.3) is 0 Å². The third-order valence-electron chi connectivity index (χ3n) is 4.47. The molecule has 2 aromatic carbocycles. The minimum atomic E-state index is -3.97. The van der Waals surface area contributed by atoms with E-state index in [0.29, 0.717) is 23.4 Å². The van der Waals surface area contributed by atoms with Gasteiger partial charge in [0.2, 0.25) is 15.9 Å². The average molecular weight is 477 g/mol. The van der Waals surface area contributed by atoms with E-state index in [1.54, 1.807) is 12.1 Å². The lowest BCUT2D eigenvalue weighted by Gasteiger charge is -2.33. The van der Waals surface area contributed by atoms with E-state index in [1.165, 1.54) is 12.1 Å². The highest BCUT2D eigenvalue weighted by Gasteiger charge is 2.38. The van der Waals surface area contributed by atoms with Crippen molar-refractivity contribution in [3.05, 3.63) is 58.3 Å². The Bertz CT molecular complexity index is 1000. The van der Waals surface area contributed by atoms with Crippen molar-refractivity contribution in [1.82, 2.24) is 4.31 Å². The van der Waals surface area contributed by atoms with Crippen LogP contribution in [0, 0.1) is 17.5 Å². The zero-order valence-electron chi connectivity index (χ0n) is 14.5. The molecule has 1 atom stereocenters. The van der Waals surface area contributed by atoms with Gasteiger partial charge in [0.15, 0.2) is 17.5 Å². The van der Waals surface area contributed by atoms with Gasteiger partial charge in [-0.1, -0.05) is 22.4 Å². The van der Waals surface area contributed by atoms with E-state index >= 15 is 0 Å². The Labute approximate surface area is 168 Å². The fraction of sp³-hybridized carbons (Fsp3) is 0.278. The highest BCUT2D eigenvalue weighted by atomic mass is 79.9. The highest BCUT2D eigenvalue weighted by molar-refractivity contribution is 9.10. The van der Waals surface area contributed by atoms with Gasteiger partial charge < -0.3 is 5.32 Å². The number of nitrogens with one attached hydrogen (secondary N) is 1. The molecule has 10 heteroatoms. The number of halogens is 4. The van der Waals surface area contributed by atoms with E-state index in [2.05, 4.69) is 21.2 Å². The van der Waals surface area contributed by atoms with Crippen LogP contribution in [0.1, 0.15) is 19.3 Å². The molecule has 1 heterocycles. The van der Waals surface area contributed by atoms with Gasteiger partial charge in [0.05, 0.1) is 10.6 Å². The first kappa shape index (κ1) is 20.8. The van der Waals surface area contributed by atoms with Crippen LogP contribution in [-0.4, -0.2) is 31.2 Å². The van der Waals surface area contributed by atoms with E-state index in [1.807, 2.05) is 0 Å². The van der Waals surface area contributed by atoms with E-state index in [9.17, 15) is 26.4 Å². The first-order valence-electron chi connectivity index (χ1n) is 8.43. The Morgan fingerprint density at radius 2 is 1.71 bits per heavy atom. The lowest BCUT2D eigenvalue weighted by molar-refractivity contribution is -0.120. The van der Waals surface area contributed by atoms with Crippen molar-refractivity contribution < 1.29 is 26.4 Å². The Kier molecular flexibility index (Phi) is 6.11. The molecule has 1 aliphatic heterocycles. The fourth-order valence-electron chi connectivity index (χ4n) is 3.04. The van der Waals surface area contributed by atoms with Crippen LogP contribution in [-0.2, 0) is 14.8 Å². The van der Waals surface area contributed by atoms with Crippen molar-refractivity contribution in [3.8, 4) is 0 Å². The second-order valence-electron chi connectivity index (χ2n) is 6.29. The Morgan fingerprint density at radius 1 is 1.04 bits per heavy atom. The fourth-order valence-corrected chi connectivity index (χ4v) is 4.96. The van der Waals surface area contributed by atoms with Gasteiger partial charge in [0, 0.05) is 11.0 Å². The zero-order valence-corrected chi connectivity index (χ0v) is 16.9. The molecule has 0 saturated carbocycles. The van der Waals surface area contributed by atoms with Crippen molar-refractivity contribution in [2.24, 2.45) is 0 Å². The van der Waals surface area contributed by atoms with E-state index in [4.69, 9.17) is 0 Å². The third-order valence-corrected chi connectivity index (χ3v) is 6.92. The zero-order chi connectivity index (χ0) is 20.5. The summed E-state index contributed by atoms with van der Waals surface area (Å²) in [6, 6.07) is 6.46. The van der Waals surface area contributed by atoms with Crippen molar-refractivity contribution in [1.29, 1.82) is 0 Å². The molecular weight excluding hydrogens is 461 g/mol. The number of anilines is 1.